The van der Waals surface area contributed by atoms with E-state index in [0.29, 0.717) is 12.5 Å². The van der Waals surface area contributed by atoms with E-state index in [0.717, 1.165) is 13.1 Å². The summed E-state index contributed by atoms with van der Waals surface area (Å²) in [6.45, 7) is 8.00. The van der Waals surface area contributed by atoms with Crippen molar-refractivity contribution in [2.45, 2.75) is 19.5 Å². The summed E-state index contributed by atoms with van der Waals surface area (Å²) in [5, 5.41) is 3.36. The highest BCUT2D eigenvalue weighted by molar-refractivity contribution is 5.84. The third-order valence-corrected chi connectivity index (χ3v) is 3.37. The monoisotopic (exact) mass is 244 g/mol. The number of hydrogen-bond donors (Lipinski definition) is 1. The maximum Gasteiger partial charge on any atom is 0.240 e. The van der Waals surface area contributed by atoms with Crippen molar-refractivity contribution >= 4 is 5.91 Å². The first-order valence-electron chi connectivity index (χ1n) is 6.39. The average molecular weight is 244 g/mol. The van der Waals surface area contributed by atoms with Crippen molar-refractivity contribution in [2.75, 3.05) is 13.1 Å². The molecule has 0 bridgehead atoms. The lowest BCUT2D eigenvalue weighted by atomic mass is 10.1. The molecule has 2 atom stereocenters. The summed E-state index contributed by atoms with van der Waals surface area (Å²) < 4.78 is 0. The first kappa shape index (κ1) is 12.8. The van der Waals surface area contributed by atoms with E-state index in [1.54, 1.807) is 6.08 Å². The van der Waals surface area contributed by atoms with Gasteiger partial charge >= 0.3 is 0 Å². The second-order valence-corrected chi connectivity index (χ2v) is 4.85. The topological polar surface area (TPSA) is 32.3 Å². The lowest BCUT2D eigenvalue weighted by molar-refractivity contribution is -0.129. The summed E-state index contributed by atoms with van der Waals surface area (Å²) in [5.41, 5.74) is 1.21. The zero-order valence-corrected chi connectivity index (χ0v) is 10.8. The number of amides is 1. The van der Waals surface area contributed by atoms with Crippen molar-refractivity contribution in [3.63, 3.8) is 0 Å². The van der Waals surface area contributed by atoms with Crippen molar-refractivity contribution in [1.82, 2.24) is 10.2 Å². The number of hydrogen-bond acceptors (Lipinski definition) is 2. The summed E-state index contributed by atoms with van der Waals surface area (Å²) >= 11 is 0. The Kier molecular flexibility index (Phi) is 4.15. The fourth-order valence-corrected chi connectivity index (χ4v) is 2.42. The van der Waals surface area contributed by atoms with Gasteiger partial charge in [0, 0.05) is 19.6 Å². The zero-order chi connectivity index (χ0) is 13.0. The summed E-state index contributed by atoms with van der Waals surface area (Å²) in [6, 6.07) is 10.1. The van der Waals surface area contributed by atoms with Crippen molar-refractivity contribution in [3.8, 4) is 0 Å². The van der Waals surface area contributed by atoms with Crippen LogP contribution in [-0.4, -0.2) is 29.9 Å². The minimum Gasteiger partial charge on any atom is -0.337 e. The fourth-order valence-electron chi connectivity index (χ4n) is 2.42. The van der Waals surface area contributed by atoms with Crippen LogP contribution in [0.4, 0.5) is 0 Å². The molecule has 18 heavy (non-hydrogen) atoms. The molecule has 0 aromatic heterocycles. The highest BCUT2D eigenvalue weighted by Crippen LogP contribution is 2.18. The number of carbonyl (C=O) groups excluding carboxylic acids is 1. The maximum atomic E-state index is 12.1. The molecule has 1 saturated heterocycles. The first-order valence-corrected chi connectivity index (χ1v) is 6.39. The van der Waals surface area contributed by atoms with Crippen LogP contribution in [0.15, 0.2) is 43.0 Å². The molecule has 1 fully saturated rings. The molecule has 1 aliphatic heterocycles. The number of likely N-dealkylation sites (tertiary alicyclic amines) is 1. The van der Waals surface area contributed by atoms with Crippen LogP contribution in [0.1, 0.15) is 12.5 Å². The molecule has 0 saturated carbocycles. The van der Waals surface area contributed by atoms with Crippen LogP contribution in [-0.2, 0) is 11.3 Å². The standard InChI is InChI=1S/C15H20N2O/c1-3-9-17-11-12(2)14(15(17)18)16-10-13-7-5-4-6-8-13/h3-8,12,14,16H,1,9-11H2,2H3/t12-,14+/m1/s1. The summed E-state index contributed by atoms with van der Waals surface area (Å²) in [6.07, 6.45) is 1.78. The van der Waals surface area contributed by atoms with Crippen LogP contribution < -0.4 is 5.32 Å². The van der Waals surface area contributed by atoms with Gasteiger partial charge in [-0.3, -0.25) is 4.79 Å². The summed E-state index contributed by atoms with van der Waals surface area (Å²) in [7, 11) is 0. The summed E-state index contributed by atoms with van der Waals surface area (Å²) in [4.78, 5) is 14.0. The van der Waals surface area contributed by atoms with Gasteiger partial charge < -0.3 is 10.2 Å². The lowest BCUT2D eigenvalue weighted by Gasteiger charge is -2.15. The van der Waals surface area contributed by atoms with Gasteiger partial charge in [-0.2, -0.15) is 0 Å². The van der Waals surface area contributed by atoms with E-state index in [2.05, 4.69) is 31.0 Å². The van der Waals surface area contributed by atoms with Gasteiger partial charge in [0.15, 0.2) is 0 Å². The van der Waals surface area contributed by atoms with E-state index in [1.165, 1.54) is 5.56 Å². The van der Waals surface area contributed by atoms with E-state index < -0.39 is 0 Å². The Bertz CT molecular complexity index is 416. The molecule has 1 heterocycles. The van der Waals surface area contributed by atoms with E-state index in [4.69, 9.17) is 0 Å². The highest BCUT2D eigenvalue weighted by Gasteiger charge is 2.36. The molecule has 1 amide bonds. The molecular weight excluding hydrogens is 224 g/mol. The van der Waals surface area contributed by atoms with Crippen LogP contribution >= 0.6 is 0 Å². The molecule has 1 aromatic carbocycles. The molecule has 1 aliphatic rings. The van der Waals surface area contributed by atoms with Gasteiger partial charge in [0.1, 0.15) is 0 Å². The van der Waals surface area contributed by atoms with Crippen molar-refractivity contribution in [2.24, 2.45) is 5.92 Å². The Hall–Kier alpha value is -1.61. The average Bonchev–Trinajstić information content (AvgIpc) is 2.64. The summed E-state index contributed by atoms with van der Waals surface area (Å²) in [5.74, 6) is 0.541. The molecule has 2 rings (SSSR count). The Balaban J connectivity index is 1.93. The van der Waals surface area contributed by atoms with Gasteiger partial charge in [-0.25, -0.2) is 0 Å². The van der Waals surface area contributed by atoms with Crippen molar-refractivity contribution in [3.05, 3.63) is 48.6 Å². The molecule has 96 valence electrons. The number of nitrogens with zero attached hydrogens (tertiary/aromatic N) is 1. The Labute approximate surface area is 108 Å². The van der Waals surface area contributed by atoms with Crippen LogP contribution in [0.3, 0.4) is 0 Å². The smallest absolute Gasteiger partial charge is 0.240 e. The second-order valence-electron chi connectivity index (χ2n) is 4.85. The lowest BCUT2D eigenvalue weighted by Crippen LogP contribution is -2.39. The predicted molar refractivity (Wildman–Crippen MR) is 73.0 cm³/mol. The van der Waals surface area contributed by atoms with Crippen molar-refractivity contribution in [1.29, 1.82) is 0 Å². The molecular formula is C15H20N2O. The van der Waals surface area contributed by atoms with E-state index in [1.807, 2.05) is 23.1 Å². The third-order valence-electron chi connectivity index (χ3n) is 3.37. The molecule has 0 aliphatic carbocycles. The van der Waals surface area contributed by atoms with Crippen LogP contribution in [0.2, 0.25) is 0 Å². The number of rotatable bonds is 5. The van der Waals surface area contributed by atoms with Crippen molar-refractivity contribution < 1.29 is 4.79 Å². The Morgan fingerprint density at radius 1 is 1.44 bits per heavy atom. The van der Waals surface area contributed by atoms with Gasteiger partial charge in [-0.15, -0.1) is 6.58 Å². The first-order chi connectivity index (χ1) is 8.72. The quantitative estimate of drug-likeness (QED) is 0.801. The van der Waals surface area contributed by atoms with E-state index in [-0.39, 0.29) is 11.9 Å². The maximum absolute atomic E-state index is 12.1. The zero-order valence-electron chi connectivity index (χ0n) is 10.8. The molecule has 3 nitrogen and oxygen atoms in total. The van der Waals surface area contributed by atoms with Gasteiger partial charge in [-0.1, -0.05) is 43.3 Å². The van der Waals surface area contributed by atoms with Gasteiger partial charge in [0.2, 0.25) is 5.91 Å². The van der Waals surface area contributed by atoms with Gasteiger partial charge in [-0.05, 0) is 11.5 Å². The second kappa shape index (κ2) is 5.83. The van der Waals surface area contributed by atoms with E-state index >= 15 is 0 Å². The predicted octanol–water partition coefficient (Wildman–Crippen LogP) is 1.81. The molecule has 0 unspecified atom stereocenters. The fraction of sp³-hybridized carbons (Fsp3) is 0.400. The highest BCUT2D eigenvalue weighted by atomic mass is 16.2. The molecule has 1 aromatic rings. The number of carbonyl (C=O) groups is 1. The number of benzene rings is 1. The SMILES string of the molecule is C=CCN1C[C@@H](C)[C@H](NCc2ccccc2)C1=O. The molecule has 0 radical (unpaired) electrons. The van der Waals surface area contributed by atoms with Gasteiger partial charge in [0.25, 0.3) is 0 Å². The van der Waals surface area contributed by atoms with E-state index in [9.17, 15) is 4.79 Å². The molecule has 1 N–H and O–H groups in total. The normalized spacial score (nSPS) is 23.4. The van der Waals surface area contributed by atoms with Crippen LogP contribution in [0.25, 0.3) is 0 Å². The number of nitrogens with one attached hydrogen (secondary N) is 1. The third kappa shape index (κ3) is 2.79. The minimum atomic E-state index is -0.0647. The minimum absolute atomic E-state index is 0.0647. The molecule has 0 spiro atoms. The largest absolute Gasteiger partial charge is 0.337 e. The van der Waals surface area contributed by atoms with Crippen LogP contribution in [0.5, 0.6) is 0 Å². The molecule has 3 heteroatoms. The van der Waals surface area contributed by atoms with Crippen LogP contribution in [0, 0.1) is 5.92 Å². The Morgan fingerprint density at radius 3 is 2.83 bits per heavy atom. The Morgan fingerprint density at radius 2 is 2.17 bits per heavy atom. The van der Waals surface area contributed by atoms with Gasteiger partial charge in [0.05, 0.1) is 6.04 Å².